The lowest BCUT2D eigenvalue weighted by Crippen LogP contribution is -2.49. The molecule has 1 saturated heterocycles. The average molecular weight is 297 g/mol. The molecule has 2 heterocycles. The van der Waals surface area contributed by atoms with Crippen LogP contribution in [0.3, 0.4) is 0 Å². The molecule has 7 nitrogen and oxygen atoms in total. The fourth-order valence-electron chi connectivity index (χ4n) is 3.41. The van der Waals surface area contributed by atoms with Crippen molar-refractivity contribution in [3.05, 3.63) is 0 Å². The number of thioether (sulfide) groups is 1. The number of nitrogens with zero attached hydrogens (tertiary/aromatic N) is 3. The summed E-state index contributed by atoms with van der Waals surface area (Å²) < 4.78 is 0. The van der Waals surface area contributed by atoms with Crippen molar-refractivity contribution in [1.82, 2.24) is 25.9 Å². The maximum absolute atomic E-state index is 11.1. The fourth-order valence-corrected chi connectivity index (χ4v) is 4.30. The summed E-state index contributed by atoms with van der Waals surface area (Å²) in [5.74, 6) is 2.10. The van der Waals surface area contributed by atoms with Crippen molar-refractivity contribution in [2.24, 2.45) is 17.8 Å². The summed E-state index contributed by atoms with van der Waals surface area (Å²) in [7, 11) is 0. The van der Waals surface area contributed by atoms with Crippen molar-refractivity contribution in [2.75, 3.05) is 12.3 Å². The van der Waals surface area contributed by atoms with E-state index in [1.807, 2.05) is 0 Å². The minimum atomic E-state index is -0.716. The van der Waals surface area contributed by atoms with Gasteiger partial charge in [0, 0.05) is 5.75 Å². The minimum absolute atomic E-state index is 0.361. The van der Waals surface area contributed by atoms with Crippen molar-refractivity contribution in [1.29, 1.82) is 0 Å². The smallest absolute Gasteiger partial charge is 0.320 e. The second kappa shape index (κ2) is 6.09. The number of piperidine rings is 1. The molecule has 1 saturated carbocycles. The number of hydrogen-bond donors (Lipinski definition) is 3. The van der Waals surface area contributed by atoms with Gasteiger partial charge in [0.15, 0.2) is 0 Å². The molecule has 8 heteroatoms. The zero-order valence-corrected chi connectivity index (χ0v) is 12.0. The lowest BCUT2D eigenvalue weighted by Gasteiger charge is -2.41. The number of carbonyl (C=O) groups is 1. The molecule has 3 N–H and O–H groups in total. The van der Waals surface area contributed by atoms with E-state index < -0.39 is 5.97 Å². The summed E-state index contributed by atoms with van der Waals surface area (Å²) in [5.41, 5.74) is 0. The summed E-state index contributed by atoms with van der Waals surface area (Å²) in [4.78, 5) is 11.1. The van der Waals surface area contributed by atoms with E-state index in [0.717, 1.165) is 25.1 Å². The number of aromatic nitrogens is 4. The van der Waals surface area contributed by atoms with Crippen LogP contribution in [0.25, 0.3) is 0 Å². The third kappa shape index (κ3) is 3.12. The zero-order chi connectivity index (χ0) is 13.9. The SMILES string of the molecule is O=C(O)[C@H]1C[C@@H]2C[C@@H](CSc3nn[nH]n3)CC[C@@H]2CN1. The maximum atomic E-state index is 11.1. The predicted molar refractivity (Wildman–Crippen MR) is 73.3 cm³/mol. The lowest BCUT2D eigenvalue weighted by atomic mass is 9.70. The summed E-state index contributed by atoms with van der Waals surface area (Å²) in [6, 6.07) is -0.361. The van der Waals surface area contributed by atoms with Crippen molar-refractivity contribution in [2.45, 2.75) is 36.9 Å². The molecule has 0 amide bonds. The first-order valence-corrected chi connectivity index (χ1v) is 8.03. The van der Waals surface area contributed by atoms with Crippen molar-refractivity contribution in [3.63, 3.8) is 0 Å². The van der Waals surface area contributed by atoms with Gasteiger partial charge in [-0.25, -0.2) is 0 Å². The third-order valence-electron chi connectivity index (χ3n) is 4.49. The fraction of sp³-hybridized carbons (Fsp3) is 0.833. The van der Waals surface area contributed by atoms with Gasteiger partial charge in [-0.15, -0.1) is 10.2 Å². The molecule has 0 radical (unpaired) electrons. The number of nitrogens with one attached hydrogen (secondary N) is 2. The Hall–Kier alpha value is -1.15. The lowest BCUT2D eigenvalue weighted by molar-refractivity contribution is -0.141. The summed E-state index contributed by atoms with van der Waals surface area (Å²) in [5, 5.41) is 26.9. The van der Waals surface area contributed by atoms with Crippen LogP contribution in [0.1, 0.15) is 25.7 Å². The molecule has 2 fully saturated rings. The number of carboxylic acids is 1. The van der Waals surface area contributed by atoms with Crippen molar-refractivity contribution >= 4 is 17.7 Å². The first kappa shape index (κ1) is 13.8. The third-order valence-corrected chi connectivity index (χ3v) is 5.55. The number of fused-ring (bicyclic) bond motifs is 1. The van der Waals surface area contributed by atoms with E-state index >= 15 is 0 Å². The van der Waals surface area contributed by atoms with Gasteiger partial charge in [0.25, 0.3) is 0 Å². The standard InChI is InChI=1S/C12H19N5O2S/c18-11(19)10-4-9-3-7(1-2-8(9)5-13-10)6-20-12-14-16-17-15-12/h7-10,13H,1-6H2,(H,18,19)(H,14,15,16,17)/t7-,8+,9-,10+/m0/s1. The first-order valence-electron chi connectivity index (χ1n) is 7.05. The summed E-state index contributed by atoms with van der Waals surface area (Å²) in [6.45, 7) is 0.854. The molecule has 0 bridgehead atoms. The van der Waals surface area contributed by atoms with Crippen LogP contribution < -0.4 is 5.32 Å². The van der Waals surface area contributed by atoms with Gasteiger partial charge in [-0.1, -0.05) is 11.8 Å². The van der Waals surface area contributed by atoms with E-state index in [-0.39, 0.29) is 6.04 Å². The molecule has 0 spiro atoms. The topological polar surface area (TPSA) is 104 Å². The molecule has 1 aliphatic heterocycles. The Morgan fingerprint density at radius 2 is 2.25 bits per heavy atom. The Balaban J connectivity index is 1.52. The molecular formula is C12H19N5O2S. The largest absolute Gasteiger partial charge is 0.480 e. The number of rotatable bonds is 4. The summed E-state index contributed by atoms with van der Waals surface area (Å²) >= 11 is 1.63. The van der Waals surface area contributed by atoms with Crippen LogP contribution in [-0.4, -0.2) is 50.0 Å². The van der Waals surface area contributed by atoms with Gasteiger partial charge in [0.2, 0.25) is 5.16 Å². The first-order chi connectivity index (χ1) is 9.72. The van der Waals surface area contributed by atoms with Gasteiger partial charge in [0.05, 0.1) is 0 Å². The van der Waals surface area contributed by atoms with Crippen LogP contribution in [0.5, 0.6) is 0 Å². The Morgan fingerprint density at radius 3 is 3.00 bits per heavy atom. The Kier molecular flexibility index (Phi) is 4.21. The molecule has 2 aliphatic rings. The molecule has 20 heavy (non-hydrogen) atoms. The second-order valence-electron chi connectivity index (χ2n) is 5.74. The quantitative estimate of drug-likeness (QED) is 0.705. The normalized spacial score (nSPS) is 33.6. The van der Waals surface area contributed by atoms with Crippen LogP contribution in [0, 0.1) is 17.8 Å². The molecule has 4 atom stereocenters. The Bertz CT molecular complexity index is 455. The van der Waals surface area contributed by atoms with Crippen LogP contribution in [-0.2, 0) is 4.79 Å². The van der Waals surface area contributed by atoms with Gasteiger partial charge in [-0.05, 0) is 55.2 Å². The molecule has 1 aromatic heterocycles. The van der Waals surface area contributed by atoms with Crippen LogP contribution in [0.15, 0.2) is 5.16 Å². The molecular weight excluding hydrogens is 278 g/mol. The van der Waals surface area contributed by atoms with E-state index in [1.54, 1.807) is 11.8 Å². The highest BCUT2D eigenvalue weighted by molar-refractivity contribution is 7.99. The van der Waals surface area contributed by atoms with E-state index in [9.17, 15) is 4.79 Å². The predicted octanol–water partition coefficient (Wildman–Crippen LogP) is 0.771. The number of hydrogen-bond acceptors (Lipinski definition) is 6. The summed E-state index contributed by atoms with van der Waals surface area (Å²) in [6.07, 6.45) is 4.30. The van der Waals surface area contributed by atoms with E-state index in [4.69, 9.17) is 5.11 Å². The molecule has 110 valence electrons. The van der Waals surface area contributed by atoms with E-state index in [2.05, 4.69) is 25.9 Å². The number of carboxylic acid groups (broad SMARTS) is 1. The van der Waals surface area contributed by atoms with Gasteiger partial charge >= 0.3 is 5.97 Å². The van der Waals surface area contributed by atoms with Crippen molar-refractivity contribution in [3.8, 4) is 0 Å². The highest BCUT2D eigenvalue weighted by Crippen LogP contribution is 2.40. The number of H-pyrrole nitrogens is 1. The van der Waals surface area contributed by atoms with Gasteiger partial charge in [0.1, 0.15) is 6.04 Å². The minimum Gasteiger partial charge on any atom is -0.480 e. The highest BCUT2D eigenvalue weighted by Gasteiger charge is 2.37. The maximum Gasteiger partial charge on any atom is 0.320 e. The van der Waals surface area contributed by atoms with E-state index in [0.29, 0.717) is 22.9 Å². The van der Waals surface area contributed by atoms with E-state index in [1.165, 1.54) is 12.8 Å². The molecule has 0 unspecified atom stereocenters. The van der Waals surface area contributed by atoms with Gasteiger partial charge in [-0.3, -0.25) is 4.79 Å². The molecule has 3 rings (SSSR count). The van der Waals surface area contributed by atoms with Crippen LogP contribution in [0.2, 0.25) is 0 Å². The second-order valence-corrected chi connectivity index (χ2v) is 6.73. The van der Waals surface area contributed by atoms with Crippen LogP contribution in [0.4, 0.5) is 0 Å². The van der Waals surface area contributed by atoms with Gasteiger partial charge in [-0.2, -0.15) is 5.21 Å². The molecule has 1 aliphatic carbocycles. The number of aromatic amines is 1. The van der Waals surface area contributed by atoms with Crippen LogP contribution >= 0.6 is 11.8 Å². The zero-order valence-electron chi connectivity index (χ0n) is 11.2. The Labute approximate surface area is 121 Å². The highest BCUT2D eigenvalue weighted by atomic mass is 32.2. The van der Waals surface area contributed by atoms with Crippen molar-refractivity contribution < 1.29 is 9.90 Å². The monoisotopic (exact) mass is 297 g/mol. The molecule has 1 aromatic rings. The Morgan fingerprint density at radius 1 is 1.35 bits per heavy atom. The number of aliphatic carboxylic acids is 1. The van der Waals surface area contributed by atoms with Gasteiger partial charge < -0.3 is 10.4 Å². The number of tetrazole rings is 1. The molecule has 0 aromatic carbocycles. The average Bonchev–Trinajstić information content (AvgIpc) is 2.97.